The molecule has 1 aromatic heterocycles. The van der Waals surface area contributed by atoms with Crippen LogP contribution >= 0.6 is 0 Å². The number of nitrogens with zero attached hydrogens (tertiary/aromatic N) is 3. The zero-order valence-electron chi connectivity index (χ0n) is 13.1. The molecule has 2 aliphatic heterocycles. The van der Waals surface area contributed by atoms with Gasteiger partial charge in [0.15, 0.2) is 0 Å². The number of aromatic nitrogens is 1. The van der Waals surface area contributed by atoms with Crippen LogP contribution in [0.15, 0.2) is 24.5 Å². The highest BCUT2D eigenvalue weighted by Gasteiger charge is 2.33. The third kappa shape index (κ3) is 3.45. The first-order chi connectivity index (χ1) is 10.8. The number of amides is 1. The van der Waals surface area contributed by atoms with E-state index in [0.717, 1.165) is 25.2 Å². The topological polar surface area (TPSA) is 57.7 Å². The van der Waals surface area contributed by atoms with Crippen LogP contribution in [-0.2, 0) is 9.53 Å². The average molecular weight is 304 g/mol. The Morgan fingerprint density at radius 1 is 1.32 bits per heavy atom. The van der Waals surface area contributed by atoms with E-state index in [1.807, 2.05) is 17.0 Å². The zero-order valence-corrected chi connectivity index (χ0v) is 13.1. The maximum absolute atomic E-state index is 13.1. The van der Waals surface area contributed by atoms with Gasteiger partial charge < -0.3 is 15.0 Å². The van der Waals surface area contributed by atoms with Gasteiger partial charge in [-0.3, -0.25) is 14.7 Å². The Balaban J connectivity index is 1.83. The summed E-state index contributed by atoms with van der Waals surface area (Å²) in [6.07, 6.45) is 3.53. The van der Waals surface area contributed by atoms with Gasteiger partial charge in [0.05, 0.1) is 13.2 Å². The summed E-state index contributed by atoms with van der Waals surface area (Å²) < 4.78 is 5.37. The van der Waals surface area contributed by atoms with Gasteiger partial charge in [0.1, 0.15) is 6.04 Å². The Bertz CT molecular complexity index is 490. The Morgan fingerprint density at radius 2 is 2.05 bits per heavy atom. The van der Waals surface area contributed by atoms with Crippen molar-refractivity contribution in [1.29, 1.82) is 0 Å². The first-order valence-corrected chi connectivity index (χ1v) is 7.99. The number of pyridine rings is 1. The van der Waals surface area contributed by atoms with Crippen molar-refractivity contribution >= 4 is 5.91 Å². The van der Waals surface area contributed by atoms with Crippen molar-refractivity contribution in [3.05, 3.63) is 30.1 Å². The summed E-state index contributed by atoms with van der Waals surface area (Å²) in [4.78, 5) is 21.4. The molecule has 6 heteroatoms. The normalized spacial score (nSPS) is 25.0. The van der Waals surface area contributed by atoms with E-state index >= 15 is 0 Å². The highest BCUT2D eigenvalue weighted by Crippen LogP contribution is 2.24. The van der Waals surface area contributed by atoms with Gasteiger partial charge in [-0.05, 0) is 24.6 Å². The van der Waals surface area contributed by atoms with Crippen molar-refractivity contribution in [2.45, 2.75) is 19.0 Å². The number of morpholine rings is 1. The summed E-state index contributed by atoms with van der Waals surface area (Å²) in [5.41, 5.74) is 1.03. The summed E-state index contributed by atoms with van der Waals surface area (Å²) in [6, 6.07) is 4.09. The lowest BCUT2D eigenvalue weighted by atomic mass is 10.0. The van der Waals surface area contributed by atoms with Crippen molar-refractivity contribution in [3.63, 3.8) is 0 Å². The van der Waals surface area contributed by atoms with E-state index in [0.29, 0.717) is 32.3 Å². The van der Waals surface area contributed by atoms with Crippen molar-refractivity contribution in [1.82, 2.24) is 20.1 Å². The summed E-state index contributed by atoms with van der Waals surface area (Å²) in [5, 5.41) is 3.44. The number of ether oxygens (including phenoxy) is 1. The van der Waals surface area contributed by atoms with E-state index < -0.39 is 0 Å². The fourth-order valence-corrected chi connectivity index (χ4v) is 3.21. The predicted molar refractivity (Wildman–Crippen MR) is 83.4 cm³/mol. The van der Waals surface area contributed by atoms with Gasteiger partial charge in [0.25, 0.3) is 0 Å². The largest absolute Gasteiger partial charge is 0.378 e. The van der Waals surface area contributed by atoms with Crippen LogP contribution in [0.5, 0.6) is 0 Å². The lowest BCUT2D eigenvalue weighted by Gasteiger charge is -2.40. The van der Waals surface area contributed by atoms with Crippen molar-refractivity contribution in [3.8, 4) is 0 Å². The SMILES string of the molecule is CC1CN(C(C(=O)N2CCOCC2)c2ccncc2)CCN1. The fraction of sp³-hybridized carbons (Fsp3) is 0.625. The molecule has 6 nitrogen and oxygen atoms in total. The number of piperazine rings is 1. The molecule has 2 unspecified atom stereocenters. The first kappa shape index (κ1) is 15.4. The molecule has 0 spiro atoms. The van der Waals surface area contributed by atoms with Crippen LogP contribution in [0.25, 0.3) is 0 Å². The molecule has 2 saturated heterocycles. The number of carbonyl (C=O) groups is 1. The molecule has 0 aliphatic carbocycles. The lowest BCUT2D eigenvalue weighted by Crippen LogP contribution is -2.54. The minimum atomic E-state index is -0.217. The molecule has 2 aliphatic rings. The van der Waals surface area contributed by atoms with E-state index in [-0.39, 0.29) is 11.9 Å². The molecule has 0 aromatic carbocycles. The second-order valence-corrected chi connectivity index (χ2v) is 5.97. The predicted octanol–water partition coefficient (Wildman–Crippen LogP) is 0.275. The number of hydrogen-bond donors (Lipinski definition) is 1. The van der Waals surface area contributed by atoms with Crippen LogP contribution in [0.1, 0.15) is 18.5 Å². The van der Waals surface area contributed by atoms with E-state index in [9.17, 15) is 4.79 Å². The third-order valence-corrected chi connectivity index (χ3v) is 4.34. The molecule has 1 aromatic rings. The molecule has 3 rings (SSSR count). The van der Waals surface area contributed by atoms with Crippen molar-refractivity contribution in [2.75, 3.05) is 45.9 Å². The summed E-state index contributed by atoms with van der Waals surface area (Å²) in [7, 11) is 0. The van der Waals surface area contributed by atoms with Gasteiger partial charge in [-0.25, -0.2) is 0 Å². The highest BCUT2D eigenvalue weighted by molar-refractivity contribution is 5.83. The van der Waals surface area contributed by atoms with Crippen LogP contribution in [0.4, 0.5) is 0 Å². The quantitative estimate of drug-likeness (QED) is 0.869. The maximum atomic E-state index is 13.1. The van der Waals surface area contributed by atoms with Gasteiger partial charge in [0.2, 0.25) is 5.91 Å². The monoisotopic (exact) mass is 304 g/mol. The summed E-state index contributed by atoms with van der Waals surface area (Å²) in [6.45, 7) is 7.47. The Labute approximate surface area is 131 Å². The fourth-order valence-electron chi connectivity index (χ4n) is 3.21. The van der Waals surface area contributed by atoms with Crippen LogP contribution in [0, 0.1) is 0 Å². The van der Waals surface area contributed by atoms with Crippen LogP contribution in [0.2, 0.25) is 0 Å². The molecule has 0 radical (unpaired) electrons. The number of hydrogen-bond acceptors (Lipinski definition) is 5. The molecule has 0 saturated carbocycles. The Kier molecular flexibility index (Phi) is 5.02. The second kappa shape index (κ2) is 7.17. The molecule has 1 amide bonds. The van der Waals surface area contributed by atoms with Crippen molar-refractivity contribution < 1.29 is 9.53 Å². The van der Waals surface area contributed by atoms with Gasteiger partial charge in [0, 0.05) is 51.2 Å². The molecular formula is C16H24N4O2. The average Bonchev–Trinajstić information content (AvgIpc) is 2.57. The minimum Gasteiger partial charge on any atom is -0.378 e. The summed E-state index contributed by atoms with van der Waals surface area (Å²) in [5.74, 6) is 0.184. The molecule has 2 fully saturated rings. The van der Waals surface area contributed by atoms with Gasteiger partial charge >= 0.3 is 0 Å². The summed E-state index contributed by atoms with van der Waals surface area (Å²) >= 11 is 0. The standard InChI is InChI=1S/C16H24N4O2/c1-13-12-20(7-6-18-13)15(14-2-4-17-5-3-14)16(21)19-8-10-22-11-9-19/h2-5,13,15,18H,6-12H2,1H3. The molecule has 3 heterocycles. The van der Waals surface area contributed by atoms with E-state index in [4.69, 9.17) is 4.74 Å². The maximum Gasteiger partial charge on any atom is 0.244 e. The Morgan fingerprint density at radius 3 is 2.73 bits per heavy atom. The molecular weight excluding hydrogens is 280 g/mol. The van der Waals surface area contributed by atoms with Crippen LogP contribution in [0.3, 0.4) is 0 Å². The second-order valence-electron chi connectivity index (χ2n) is 5.97. The van der Waals surface area contributed by atoms with Gasteiger partial charge in [-0.2, -0.15) is 0 Å². The highest BCUT2D eigenvalue weighted by atomic mass is 16.5. The van der Waals surface area contributed by atoms with E-state index in [1.54, 1.807) is 12.4 Å². The van der Waals surface area contributed by atoms with E-state index in [2.05, 4.69) is 22.1 Å². The first-order valence-electron chi connectivity index (χ1n) is 7.99. The molecule has 0 bridgehead atoms. The zero-order chi connectivity index (χ0) is 15.4. The van der Waals surface area contributed by atoms with Gasteiger partial charge in [-0.1, -0.05) is 0 Å². The van der Waals surface area contributed by atoms with Gasteiger partial charge in [-0.15, -0.1) is 0 Å². The number of nitrogens with one attached hydrogen (secondary N) is 1. The van der Waals surface area contributed by atoms with E-state index in [1.165, 1.54) is 0 Å². The Hall–Kier alpha value is -1.50. The van der Waals surface area contributed by atoms with Crippen LogP contribution in [-0.4, -0.2) is 72.7 Å². The third-order valence-electron chi connectivity index (χ3n) is 4.34. The van der Waals surface area contributed by atoms with Crippen LogP contribution < -0.4 is 5.32 Å². The number of carbonyl (C=O) groups excluding carboxylic acids is 1. The van der Waals surface area contributed by atoms with Crippen molar-refractivity contribution in [2.24, 2.45) is 0 Å². The molecule has 1 N–H and O–H groups in total. The molecule has 22 heavy (non-hydrogen) atoms. The number of rotatable bonds is 3. The minimum absolute atomic E-state index is 0.184. The molecule has 120 valence electrons. The lowest BCUT2D eigenvalue weighted by molar-refractivity contribution is -0.142. The smallest absolute Gasteiger partial charge is 0.244 e. The molecule has 2 atom stereocenters.